The lowest BCUT2D eigenvalue weighted by molar-refractivity contribution is 1.28. The van der Waals surface area contributed by atoms with Gasteiger partial charge in [0.2, 0.25) is 0 Å². The van der Waals surface area contributed by atoms with Crippen LogP contribution in [0.2, 0.25) is 4.47 Å². The van der Waals surface area contributed by atoms with Crippen LogP contribution in [0, 0.1) is 11.3 Å². The Balaban J connectivity index is 2.76. The molecule has 0 fully saturated rings. The minimum atomic E-state index is 0.407. The fraction of sp³-hybridized carbons (Fsp3) is 0.200. The zero-order valence-corrected chi connectivity index (χ0v) is 6.04. The first kappa shape index (κ1) is 6.53. The van der Waals surface area contributed by atoms with E-state index in [9.17, 15) is 0 Å². The molecule has 0 aromatic carbocycles. The van der Waals surface area contributed by atoms with Crippen molar-refractivity contribution in [2.45, 2.75) is 6.42 Å². The van der Waals surface area contributed by atoms with Gasteiger partial charge in [0.15, 0.2) is 4.47 Å². The van der Waals surface area contributed by atoms with E-state index in [1.807, 2.05) is 6.07 Å². The van der Waals surface area contributed by atoms with Crippen molar-refractivity contribution in [1.29, 1.82) is 5.26 Å². The Morgan fingerprint density at radius 1 is 1.89 bits per heavy atom. The number of nitriles is 1. The van der Waals surface area contributed by atoms with Gasteiger partial charge in [0.25, 0.3) is 0 Å². The molecule has 0 radical (unpaired) electrons. The molecule has 0 aliphatic carbocycles. The molecule has 2 nitrogen and oxygen atoms in total. The maximum Gasteiger partial charge on any atom is 0.183 e. The van der Waals surface area contributed by atoms with Crippen molar-refractivity contribution in [3.05, 3.63) is 15.5 Å². The van der Waals surface area contributed by atoms with Crippen LogP contribution in [0.15, 0.2) is 6.20 Å². The largest absolute Gasteiger partial charge is 0.233 e. The summed E-state index contributed by atoms with van der Waals surface area (Å²) in [5.41, 5.74) is 0. The van der Waals surface area contributed by atoms with Gasteiger partial charge < -0.3 is 0 Å². The highest BCUT2D eigenvalue weighted by Crippen LogP contribution is 2.17. The van der Waals surface area contributed by atoms with Crippen LogP contribution in [0.3, 0.4) is 0 Å². The van der Waals surface area contributed by atoms with Crippen molar-refractivity contribution in [3.8, 4) is 6.07 Å². The van der Waals surface area contributed by atoms with E-state index in [1.165, 1.54) is 11.3 Å². The molecule has 1 aromatic rings. The first-order valence-corrected chi connectivity index (χ1v) is 3.49. The number of nitrogens with zero attached hydrogens (tertiary/aromatic N) is 2. The first-order chi connectivity index (χ1) is 4.33. The summed E-state index contributed by atoms with van der Waals surface area (Å²) in [6.45, 7) is 0. The van der Waals surface area contributed by atoms with Crippen LogP contribution < -0.4 is 0 Å². The highest BCUT2D eigenvalue weighted by Gasteiger charge is 1.95. The van der Waals surface area contributed by atoms with Gasteiger partial charge in [-0.3, -0.25) is 0 Å². The monoisotopic (exact) mass is 158 g/mol. The van der Waals surface area contributed by atoms with Crippen LogP contribution in [0.1, 0.15) is 4.88 Å². The summed E-state index contributed by atoms with van der Waals surface area (Å²) in [6, 6.07) is 2.01. The maximum absolute atomic E-state index is 8.21. The van der Waals surface area contributed by atoms with E-state index in [2.05, 4.69) is 4.98 Å². The lowest BCUT2D eigenvalue weighted by Crippen LogP contribution is -1.68. The lowest BCUT2D eigenvalue weighted by atomic mass is 10.4. The summed E-state index contributed by atoms with van der Waals surface area (Å²) >= 11 is 6.84. The molecule has 46 valence electrons. The van der Waals surface area contributed by atoms with E-state index in [0.29, 0.717) is 10.9 Å². The van der Waals surface area contributed by atoms with Gasteiger partial charge in [-0.1, -0.05) is 11.6 Å². The van der Waals surface area contributed by atoms with Crippen molar-refractivity contribution in [2.24, 2.45) is 0 Å². The van der Waals surface area contributed by atoms with Crippen LogP contribution in [-0.2, 0) is 6.42 Å². The minimum absolute atomic E-state index is 0.407. The van der Waals surface area contributed by atoms with Gasteiger partial charge in [-0.2, -0.15) is 5.26 Å². The van der Waals surface area contributed by atoms with Gasteiger partial charge in [0.05, 0.1) is 12.5 Å². The summed E-state index contributed by atoms with van der Waals surface area (Å²) in [6.07, 6.45) is 2.03. The summed E-state index contributed by atoms with van der Waals surface area (Å²) < 4.78 is 0.500. The second-order valence-corrected chi connectivity index (χ2v) is 3.11. The molecule has 9 heavy (non-hydrogen) atoms. The molecule has 0 spiro atoms. The topological polar surface area (TPSA) is 36.7 Å². The minimum Gasteiger partial charge on any atom is -0.233 e. The lowest BCUT2D eigenvalue weighted by Gasteiger charge is -1.75. The zero-order chi connectivity index (χ0) is 6.69. The number of hydrogen-bond acceptors (Lipinski definition) is 3. The predicted octanol–water partition coefficient (Wildman–Crippen LogP) is 1.86. The number of thiazole rings is 1. The Morgan fingerprint density at radius 2 is 2.67 bits per heavy atom. The van der Waals surface area contributed by atoms with E-state index in [-0.39, 0.29) is 0 Å². The Bertz CT molecular complexity index is 237. The Hall–Kier alpha value is -0.590. The van der Waals surface area contributed by atoms with E-state index in [0.717, 1.165) is 4.88 Å². The standard InChI is InChI=1S/C5H3ClN2S/c6-5-8-3-4(9-5)1-2-7/h3H,1H2. The van der Waals surface area contributed by atoms with Crippen molar-refractivity contribution in [3.63, 3.8) is 0 Å². The Kier molecular flexibility index (Phi) is 2.04. The molecule has 0 atom stereocenters. The van der Waals surface area contributed by atoms with E-state index in [4.69, 9.17) is 16.9 Å². The normalized spacial score (nSPS) is 8.89. The molecule has 0 aliphatic heterocycles. The second kappa shape index (κ2) is 2.81. The SMILES string of the molecule is N#CCc1cnc(Cl)s1. The molecule has 0 aliphatic rings. The average molecular weight is 159 g/mol. The van der Waals surface area contributed by atoms with Crippen molar-refractivity contribution < 1.29 is 0 Å². The molecule has 0 N–H and O–H groups in total. The summed E-state index contributed by atoms with van der Waals surface area (Å²) in [4.78, 5) is 4.69. The van der Waals surface area contributed by atoms with Gasteiger partial charge in [0, 0.05) is 11.1 Å². The van der Waals surface area contributed by atoms with Crippen LogP contribution in [0.4, 0.5) is 0 Å². The van der Waals surface area contributed by atoms with E-state index < -0.39 is 0 Å². The molecular formula is C5H3ClN2S. The second-order valence-electron chi connectivity index (χ2n) is 1.41. The molecule has 1 heterocycles. The number of halogens is 1. The van der Waals surface area contributed by atoms with Gasteiger partial charge in [0.1, 0.15) is 0 Å². The summed E-state index contributed by atoms with van der Waals surface area (Å²) in [7, 11) is 0. The summed E-state index contributed by atoms with van der Waals surface area (Å²) in [5, 5.41) is 8.21. The fourth-order valence-corrected chi connectivity index (χ4v) is 1.35. The fourth-order valence-electron chi connectivity index (χ4n) is 0.443. The molecule has 1 rings (SSSR count). The van der Waals surface area contributed by atoms with Crippen molar-refractivity contribution in [2.75, 3.05) is 0 Å². The molecule has 0 saturated heterocycles. The third kappa shape index (κ3) is 1.67. The van der Waals surface area contributed by atoms with Gasteiger partial charge >= 0.3 is 0 Å². The predicted molar refractivity (Wildman–Crippen MR) is 36.4 cm³/mol. The van der Waals surface area contributed by atoms with Gasteiger partial charge in [-0.15, -0.1) is 11.3 Å². The Morgan fingerprint density at radius 3 is 3.11 bits per heavy atom. The third-order valence-corrected chi connectivity index (χ3v) is 1.89. The first-order valence-electron chi connectivity index (χ1n) is 2.30. The molecular weight excluding hydrogens is 156 g/mol. The summed E-state index contributed by atoms with van der Waals surface area (Å²) in [5.74, 6) is 0. The molecule has 0 saturated carbocycles. The Labute approximate surface area is 61.7 Å². The van der Waals surface area contributed by atoms with Crippen LogP contribution in [-0.4, -0.2) is 4.98 Å². The molecule has 0 amide bonds. The van der Waals surface area contributed by atoms with E-state index >= 15 is 0 Å². The smallest absolute Gasteiger partial charge is 0.183 e. The number of rotatable bonds is 1. The number of hydrogen-bond donors (Lipinski definition) is 0. The highest BCUT2D eigenvalue weighted by atomic mass is 35.5. The van der Waals surface area contributed by atoms with Crippen molar-refractivity contribution >= 4 is 22.9 Å². The molecule has 0 bridgehead atoms. The van der Waals surface area contributed by atoms with Crippen LogP contribution in [0.25, 0.3) is 0 Å². The third-order valence-electron chi connectivity index (χ3n) is 0.779. The quantitative estimate of drug-likeness (QED) is 0.626. The number of aromatic nitrogens is 1. The molecule has 0 unspecified atom stereocenters. The molecule has 1 aromatic heterocycles. The van der Waals surface area contributed by atoms with Crippen molar-refractivity contribution in [1.82, 2.24) is 4.98 Å². The van der Waals surface area contributed by atoms with Gasteiger partial charge in [-0.25, -0.2) is 4.98 Å². The van der Waals surface area contributed by atoms with Gasteiger partial charge in [-0.05, 0) is 0 Å². The van der Waals surface area contributed by atoms with E-state index in [1.54, 1.807) is 6.20 Å². The zero-order valence-electron chi connectivity index (χ0n) is 4.47. The maximum atomic E-state index is 8.21. The molecule has 4 heteroatoms. The average Bonchev–Trinajstić information content (AvgIpc) is 2.17. The van der Waals surface area contributed by atoms with Crippen LogP contribution >= 0.6 is 22.9 Å². The van der Waals surface area contributed by atoms with Crippen LogP contribution in [0.5, 0.6) is 0 Å². The highest BCUT2D eigenvalue weighted by molar-refractivity contribution is 7.15.